The number of carbonyl (C=O) groups is 1. The Morgan fingerprint density at radius 2 is 1.35 bits per heavy atom. The molecule has 7 heteroatoms. The molecule has 46 heavy (non-hydrogen) atoms. The molecule has 2 N–H and O–H groups in total. The number of hydrogen-bond donors (Lipinski definition) is 2. The monoisotopic (exact) mass is 619 g/mol. The lowest BCUT2D eigenvalue weighted by Gasteiger charge is -2.17. The first-order valence-corrected chi connectivity index (χ1v) is 16.7. The highest BCUT2D eigenvalue weighted by atomic mass is 16.5. The Morgan fingerprint density at radius 1 is 0.739 bits per heavy atom. The van der Waals surface area contributed by atoms with Crippen LogP contribution in [-0.2, 0) is 6.42 Å². The predicted octanol–water partition coefficient (Wildman–Crippen LogP) is 9.26. The van der Waals surface area contributed by atoms with Crippen LogP contribution in [0, 0.1) is 6.92 Å². The van der Waals surface area contributed by atoms with Gasteiger partial charge in [-0.3, -0.25) is 4.79 Å². The quantitative estimate of drug-likeness (QED) is 0.0795. The van der Waals surface area contributed by atoms with Crippen molar-refractivity contribution in [3.63, 3.8) is 0 Å². The van der Waals surface area contributed by atoms with Crippen LogP contribution >= 0.6 is 0 Å². The van der Waals surface area contributed by atoms with Crippen LogP contribution in [0.15, 0.2) is 78.9 Å². The van der Waals surface area contributed by atoms with E-state index < -0.39 is 0 Å². The van der Waals surface area contributed by atoms with Gasteiger partial charge in [-0.15, -0.1) is 15.0 Å². The molecule has 1 heterocycles. The van der Waals surface area contributed by atoms with Gasteiger partial charge in [0, 0.05) is 23.1 Å². The molecule has 0 atom stereocenters. The molecule has 5 aromatic rings. The van der Waals surface area contributed by atoms with Gasteiger partial charge >= 0.3 is 0 Å². The third-order valence-corrected chi connectivity index (χ3v) is 8.46. The third-order valence-electron chi connectivity index (χ3n) is 8.46. The third kappa shape index (κ3) is 8.13. The maximum Gasteiger partial charge on any atom is 0.196 e. The van der Waals surface area contributed by atoms with Crippen molar-refractivity contribution in [2.45, 2.75) is 84.5 Å². The molecule has 0 unspecified atom stereocenters. The van der Waals surface area contributed by atoms with Crippen LogP contribution < -0.4 is 4.74 Å². The van der Waals surface area contributed by atoms with E-state index in [0.717, 1.165) is 29.4 Å². The predicted molar refractivity (Wildman–Crippen MR) is 183 cm³/mol. The highest BCUT2D eigenvalue weighted by Crippen LogP contribution is 2.38. The molecule has 0 aliphatic heterocycles. The summed E-state index contributed by atoms with van der Waals surface area (Å²) in [4.78, 5) is 14.9. The minimum absolute atomic E-state index is 0.00531. The summed E-state index contributed by atoms with van der Waals surface area (Å²) in [5, 5.41) is 32.2. The second kappa shape index (κ2) is 16.1. The fraction of sp³-hybridized carbons (Fsp3) is 0.359. The van der Waals surface area contributed by atoms with Crippen molar-refractivity contribution in [2.75, 3.05) is 6.61 Å². The number of phenols is 2. The number of nitrogens with zero attached hydrogens (tertiary/aromatic N) is 3. The van der Waals surface area contributed by atoms with E-state index in [1.165, 1.54) is 56.2 Å². The van der Waals surface area contributed by atoms with E-state index in [4.69, 9.17) is 4.74 Å². The average Bonchev–Trinajstić information content (AvgIpc) is 3.51. The van der Waals surface area contributed by atoms with Gasteiger partial charge in [0.05, 0.1) is 12.2 Å². The molecular weight excluding hydrogens is 574 g/mol. The molecule has 1 aromatic heterocycles. The lowest BCUT2D eigenvalue weighted by molar-refractivity contribution is 0.103. The van der Waals surface area contributed by atoms with Crippen LogP contribution in [0.4, 0.5) is 0 Å². The molecule has 240 valence electrons. The normalized spacial score (nSPS) is 11.3. The number of benzene rings is 4. The van der Waals surface area contributed by atoms with Crippen LogP contribution in [0.3, 0.4) is 0 Å². The van der Waals surface area contributed by atoms with Crippen molar-refractivity contribution in [1.82, 2.24) is 15.0 Å². The molecular formula is C39H45N3O4. The van der Waals surface area contributed by atoms with Crippen LogP contribution in [-0.4, -0.2) is 37.6 Å². The van der Waals surface area contributed by atoms with E-state index >= 15 is 0 Å². The first kappa shape index (κ1) is 32.7. The fourth-order valence-corrected chi connectivity index (χ4v) is 5.90. The molecule has 7 nitrogen and oxygen atoms in total. The second-order valence-electron chi connectivity index (χ2n) is 12.1. The van der Waals surface area contributed by atoms with E-state index in [2.05, 4.69) is 17.1 Å². The van der Waals surface area contributed by atoms with Gasteiger partial charge in [-0.1, -0.05) is 113 Å². The Hall–Kier alpha value is -4.65. The van der Waals surface area contributed by atoms with Crippen molar-refractivity contribution >= 4 is 16.8 Å². The Bertz CT molecular complexity index is 1710. The van der Waals surface area contributed by atoms with Gasteiger partial charge in [0.25, 0.3) is 0 Å². The largest absolute Gasteiger partial charge is 0.507 e. The van der Waals surface area contributed by atoms with Gasteiger partial charge in [-0.2, -0.15) is 0 Å². The van der Waals surface area contributed by atoms with Crippen LogP contribution in [0.1, 0.15) is 104 Å². The number of aromatic hydroxyl groups is 2. The zero-order chi connectivity index (χ0) is 32.3. The number of rotatable bonds is 17. The molecule has 0 saturated heterocycles. The second-order valence-corrected chi connectivity index (χ2v) is 12.1. The number of aryl methyl sites for hydroxylation is 1. The highest BCUT2D eigenvalue weighted by molar-refractivity contribution is 6.11. The summed E-state index contributed by atoms with van der Waals surface area (Å²) < 4.78 is 6.24. The molecule has 0 aliphatic carbocycles. The van der Waals surface area contributed by atoms with Crippen molar-refractivity contribution in [1.29, 1.82) is 0 Å². The number of fused-ring (bicyclic) bond motifs is 1. The fourth-order valence-electron chi connectivity index (χ4n) is 5.90. The Kier molecular flexibility index (Phi) is 11.4. The van der Waals surface area contributed by atoms with E-state index in [1.807, 2.05) is 49.4 Å². The summed E-state index contributed by atoms with van der Waals surface area (Å²) in [5.74, 6) is 0.0937. The number of phenolic OH excluding ortho intramolecular Hbond substituents is 2. The number of aromatic nitrogens is 3. The van der Waals surface area contributed by atoms with Crippen LogP contribution in [0.25, 0.3) is 16.7 Å². The maximum absolute atomic E-state index is 13.4. The minimum Gasteiger partial charge on any atom is -0.507 e. The van der Waals surface area contributed by atoms with Crippen molar-refractivity contribution in [3.05, 3.63) is 107 Å². The van der Waals surface area contributed by atoms with Gasteiger partial charge in [-0.05, 0) is 49.2 Å². The van der Waals surface area contributed by atoms with Gasteiger partial charge in [0.1, 0.15) is 34.0 Å². The van der Waals surface area contributed by atoms with Gasteiger partial charge in [0.15, 0.2) is 5.78 Å². The minimum atomic E-state index is -0.276. The Morgan fingerprint density at radius 3 is 2.00 bits per heavy atom. The first-order valence-electron chi connectivity index (χ1n) is 16.7. The summed E-state index contributed by atoms with van der Waals surface area (Å²) in [6.07, 6.45) is 12.4. The van der Waals surface area contributed by atoms with Crippen molar-refractivity contribution in [2.24, 2.45) is 0 Å². The Balaban J connectivity index is 1.36. The standard InChI is InChI=1S/C39H45N3O4/c1-3-4-5-6-7-8-9-10-11-17-24-46-36-23-22-31(37(43)29-18-13-12-14-19-29)39(45)32(36)27-30-25-28(2)26-35(38(30)44)42-40-33-20-15-16-21-34(33)41-42/h12-16,18-23,25-26,44-45H,3-11,17,24,27H2,1-2H3. The summed E-state index contributed by atoms with van der Waals surface area (Å²) in [7, 11) is 0. The van der Waals surface area contributed by atoms with Crippen LogP contribution in [0.5, 0.6) is 17.2 Å². The molecule has 0 fully saturated rings. The number of ether oxygens (including phenoxy) is 1. The molecule has 5 rings (SSSR count). The van der Waals surface area contributed by atoms with E-state index in [-0.39, 0.29) is 29.3 Å². The lowest BCUT2D eigenvalue weighted by Crippen LogP contribution is -2.07. The molecule has 0 saturated carbocycles. The summed E-state index contributed by atoms with van der Waals surface area (Å²) in [6, 6.07) is 23.5. The topological polar surface area (TPSA) is 97.5 Å². The zero-order valence-corrected chi connectivity index (χ0v) is 27.0. The van der Waals surface area contributed by atoms with E-state index in [0.29, 0.717) is 34.7 Å². The van der Waals surface area contributed by atoms with Gasteiger partial charge < -0.3 is 14.9 Å². The van der Waals surface area contributed by atoms with Gasteiger partial charge in [0.2, 0.25) is 0 Å². The molecule has 4 aromatic carbocycles. The number of hydrogen-bond acceptors (Lipinski definition) is 6. The summed E-state index contributed by atoms with van der Waals surface area (Å²) in [6.45, 7) is 4.69. The molecule has 0 radical (unpaired) electrons. The van der Waals surface area contributed by atoms with E-state index in [1.54, 1.807) is 36.4 Å². The molecule has 0 bridgehead atoms. The SMILES string of the molecule is CCCCCCCCCCCCOc1ccc(C(=O)c2ccccc2)c(O)c1Cc1cc(C)cc(-n2nc3ccccc3n2)c1O. The molecule has 0 spiro atoms. The zero-order valence-electron chi connectivity index (χ0n) is 27.0. The summed E-state index contributed by atoms with van der Waals surface area (Å²) in [5.41, 5.74) is 4.48. The van der Waals surface area contributed by atoms with Crippen molar-refractivity contribution < 1.29 is 19.7 Å². The number of ketones is 1. The summed E-state index contributed by atoms with van der Waals surface area (Å²) >= 11 is 0. The smallest absolute Gasteiger partial charge is 0.196 e. The number of unbranched alkanes of at least 4 members (excludes halogenated alkanes) is 9. The van der Waals surface area contributed by atoms with E-state index in [9.17, 15) is 15.0 Å². The maximum atomic E-state index is 13.4. The lowest BCUT2D eigenvalue weighted by atomic mass is 9.94. The number of carbonyl (C=O) groups excluding carboxylic acids is 1. The average molecular weight is 620 g/mol. The first-order chi connectivity index (χ1) is 22.5. The Labute approximate surface area is 271 Å². The molecule has 0 aliphatic rings. The highest BCUT2D eigenvalue weighted by Gasteiger charge is 2.22. The van der Waals surface area contributed by atoms with Crippen LogP contribution in [0.2, 0.25) is 0 Å². The van der Waals surface area contributed by atoms with Crippen molar-refractivity contribution in [3.8, 4) is 22.9 Å². The molecule has 0 amide bonds. The van der Waals surface area contributed by atoms with Gasteiger partial charge in [-0.25, -0.2) is 0 Å².